The van der Waals surface area contributed by atoms with Crippen LogP contribution in [0.5, 0.6) is 0 Å². The minimum Gasteiger partial charge on any atom is -0.476 e. The van der Waals surface area contributed by atoms with Gasteiger partial charge in [-0.15, -0.1) is 0 Å². The molecule has 1 aromatic heterocycles. The number of carboxylic acid groups (broad SMARTS) is 1. The van der Waals surface area contributed by atoms with Crippen LogP contribution in [0, 0.1) is 6.92 Å². The summed E-state index contributed by atoms with van der Waals surface area (Å²) in [6, 6.07) is 7.09. The average molecular weight is 327 g/mol. The molecule has 0 unspecified atom stereocenters. The molecule has 0 saturated heterocycles. The van der Waals surface area contributed by atoms with Crippen LogP contribution in [0.15, 0.2) is 41.4 Å². The molecule has 0 atom stereocenters. The van der Waals surface area contributed by atoms with Crippen molar-refractivity contribution in [3.8, 4) is 0 Å². The minimum atomic E-state index is -3.93. The number of aromatic carboxylic acids is 1. The van der Waals surface area contributed by atoms with Crippen LogP contribution in [-0.4, -0.2) is 24.5 Å². The Morgan fingerprint density at radius 3 is 2.67 bits per heavy atom. The number of nitrogens with one attached hydrogen (secondary N) is 1. The summed E-state index contributed by atoms with van der Waals surface area (Å²) in [6.07, 6.45) is 1.27. The zero-order chi connectivity index (χ0) is 15.6. The van der Waals surface area contributed by atoms with Gasteiger partial charge in [0.1, 0.15) is 0 Å². The van der Waals surface area contributed by atoms with E-state index in [0.29, 0.717) is 10.6 Å². The molecule has 2 rings (SSSR count). The van der Waals surface area contributed by atoms with Crippen molar-refractivity contribution in [2.24, 2.45) is 0 Å². The molecule has 2 aromatic rings. The van der Waals surface area contributed by atoms with Crippen LogP contribution in [0.25, 0.3) is 0 Å². The predicted octanol–water partition coefficient (Wildman–Crippen LogP) is 2.54. The second-order valence-electron chi connectivity index (χ2n) is 4.22. The van der Waals surface area contributed by atoms with E-state index in [1.165, 1.54) is 36.5 Å². The molecule has 21 heavy (non-hydrogen) atoms. The van der Waals surface area contributed by atoms with Gasteiger partial charge in [0.2, 0.25) is 0 Å². The van der Waals surface area contributed by atoms with Crippen molar-refractivity contribution in [2.45, 2.75) is 11.8 Å². The summed E-state index contributed by atoms with van der Waals surface area (Å²) in [5, 5.41) is 9.43. The highest BCUT2D eigenvalue weighted by Gasteiger charge is 2.20. The van der Waals surface area contributed by atoms with Gasteiger partial charge in [-0.3, -0.25) is 4.72 Å². The van der Waals surface area contributed by atoms with E-state index in [0.717, 1.165) is 0 Å². The molecule has 1 heterocycles. The maximum Gasteiger partial charge on any atom is 0.356 e. The smallest absolute Gasteiger partial charge is 0.356 e. The van der Waals surface area contributed by atoms with E-state index in [4.69, 9.17) is 16.7 Å². The van der Waals surface area contributed by atoms with E-state index in [1.807, 2.05) is 0 Å². The number of benzene rings is 1. The lowest BCUT2D eigenvalue weighted by Crippen LogP contribution is -2.17. The molecule has 0 bridgehead atoms. The Balaban J connectivity index is 2.45. The van der Waals surface area contributed by atoms with E-state index in [9.17, 15) is 13.2 Å². The lowest BCUT2D eigenvalue weighted by atomic mass is 10.2. The van der Waals surface area contributed by atoms with Gasteiger partial charge in [0.15, 0.2) is 5.69 Å². The van der Waals surface area contributed by atoms with Crippen LogP contribution in [0.2, 0.25) is 5.02 Å². The van der Waals surface area contributed by atoms with Gasteiger partial charge in [0, 0.05) is 11.2 Å². The number of aromatic nitrogens is 1. The number of hydrogen-bond acceptors (Lipinski definition) is 4. The molecule has 1 aromatic carbocycles. The Hall–Kier alpha value is -2.12. The first-order valence-corrected chi connectivity index (χ1v) is 7.64. The molecule has 0 spiro atoms. The Morgan fingerprint density at radius 2 is 2.05 bits per heavy atom. The van der Waals surface area contributed by atoms with Crippen molar-refractivity contribution in [1.29, 1.82) is 0 Å². The highest BCUT2D eigenvalue weighted by molar-refractivity contribution is 7.92. The zero-order valence-corrected chi connectivity index (χ0v) is 12.4. The third-order valence-corrected chi connectivity index (χ3v) is 4.44. The fourth-order valence-corrected chi connectivity index (χ4v) is 3.29. The summed E-state index contributed by atoms with van der Waals surface area (Å²) in [5.74, 6) is -1.32. The fourth-order valence-electron chi connectivity index (χ4n) is 1.77. The van der Waals surface area contributed by atoms with Crippen LogP contribution in [-0.2, 0) is 10.0 Å². The van der Waals surface area contributed by atoms with Crippen LogP contribution in [0.3, 0.4) is 0 Å². The van der Waals surface area contributed by atoms with Gasteiger partial charge in [0.05, 0.1) is 10.6 Å². The number of anilines is 1. The van der Waals surface area contributed by atoms with Crippen molar-refractivity contribution < 1.29 is 18.3 Å². The third-order valence-electron chi connectivity index (χ3n) is 2.68. The van der Waals surface area contributed by atoms with Crippen LogP contribution in [0.4, 0.5) is 5.69 Å². The van der Waals surface area contributed by atoms with Gasteiger partial charge >= 0.3 is 5.97 Å². The topological polar surface area (TPSA) is 96.4 Å². The number of pyridine rings is 1. The first-order valence-electron chi connectivity index (χ1n) is 5.78. The Labute approximate surface area is 126 Å². The largest absolute Gasteiger partial charge is 0.476 e. The van der Waals surface area contributed by atoms with Crippen LogP contribution < -0.4 is 4.72 Å². The number of halogens is 1. The standard InChI is InChI=1S/C13H11ClN2O4S/c1-8-7-9(14)4-5-11(8)21(19,20)16-10-3-2-6-15-12(10)13(17)18/h2-7,16H,1H3,(H,17,18). The fraction of sp³-hybridized carbons (Fsp3) is 0.0769. The second-order valence-corrected chi connectivity index (χ2v) is 6.31. The van der Waals surface area contributed by atoms with Crippen LogP contribution >= 0.6 is 11.6 Å². The summed E-state index contributed by atoms with van der Waals surface area (Å²) in [4.78, 5) is 14.7. The highest BCUT2D eigenvalue weighted by atomic mass is 35.5. The van der Waals surface area contributed by atoms with Gasteiger partial charge in [-0.05, 0) is 42.8 Å². The lowest BCUT2D eigenvalue weighted by Gasteiger charge is -2.11. The number of carbonyl (C=O) groups is 1. The summed E-state index contributed by atoms with van der Waals surface area (Å²) in [7, 11) is -3.93. The molecule has 6 nitrogen and oxygen atoms in total. The molecule has 0 saturated carbocycles. The van der Waals surface area contributed by atoms with E-state index in [1.54, 1.807) is 6.92 Å². The van der Waals surface area contributed by atoms with Gasteiger partial charge < -0.3 is 5.11 Å². The molecule has 0 fully saturated rings. The molecule has 0 amide bonds. The number of aryl methyl sites for hydroxylation is 1. The number of hydrogen-bond donors (Lipinski definition) is 2. The quantitative estimate of drug-likeness (QED) is 0.900. The van der Waals surface area contributed by atoms with Crippen molar-refractivity contribution in [3.05, 3.63) is 52.8 Å². The summed E-state index contributed by atoms with van der Waals surface area (Å²) >= 11 is 5.79. The van der Waals surface area contributed by atoms with Gasteiger partial charge in [-0.25, -0.2) is 18.2 Å². The molecule has 0 radical (unpaired) electrons. The molecule has 0 aliphatic heterocycles. The zero-order valence-electron chi connectivity index (χ0n) is 10.9. The maximum atomic E-state index is 12.3. The number of carboxylic acids is 1. The van der Waals surface area contributed by atoms with Crippen molar-refractivity contribution in [1.82, 2.24) is 4.98 Å². The monoisotopic (exact) mass is 326 g/mol. The maximum absolute atomic E-state index is 12.3. The van der Waals surface area contributed by atoms with Gasteiger partial charge in [-0.2, -0.15) is 0 Å². The summed E-state index contributed by atoms with van der Waals surface area (Å²) in [5.41, 5.74) is -0.0113. The molecule has 0 aliphatic rings. The SMILES string of the molecule is Cc1cc(Cl)ccc1S(=O)(=O)Nc1cccnc1C(=O)O. The third kappa shape index (κ3) is 3.32. The van der Waals surface area contributed by atoms with Gasteiger partial charge in [-0.1, -0.05) is 11.6 Å². The molecule has 110 valence electrons. The number of sulfonamides is 1. The number of nitrogens with zero attached hydrogens (tertiary/aromatic N) is 1. The minimum absolute atomic E-state index is 0.0205. The molecular formula is C13H11ClN2O4S. The number of rotatable bonds is 4. The van der Waals surface area contributed by atoms with E-state index in [-0.39, 0.29) is 16.3 Å². The first kappa shape index (κ1) is 15.3. The Morgan fingerprint density at radius 1 is 1.33 bits per heavy atom. The molecule has 0 aliphatic carbocycles. The predicted molar refractivity (Wildman–Crippen MR) is 78.2 cm³/mol. The van der Waals surface area contributed by atoms with Crippen LogP contribution in [0.1, 0.15) is 16.1 Å². The van der Waals surface area contributed by atoms with E-state index in [2.05, 4.69) is 9.71 Å². The van der Waals surface area contributed by atoms with E-state index >= 15 is 0 Å². The van der Waals surface area contributed by atoms with Gasteiger partial charge in [0.25, 0.3) is 10.0 Å². The molecule has 8 heteroatoms. The average Bonchev–Trinajstić information content (AvgIpc) is 2.37. The molecular weight excluding hydrogens is 316 g/mol. The Bertz CT molecular complexity index is 806. The van der Waals surface area contributed by atoms with Crippen molar-refractivity contribution in [2.75, 3.05) is 4.72 Å². The lowest BCUT2D eigenvalue weighted by molar-refractivity contribution is 0.0692. The van der Waals surface area contributed by atoms with Crippen molar-refractivity contribution >= 4 is 33.3 Å². The Kier molecular flexibility index (Phi) is 4.15. The summed E-state index contributed by atoms with van der Waals surface area (Å²) < 4.78 is 26.9. The first-order chi connectivity index (χ1) is 9.81. The normalized spacial score (nSPS) is 11.1. The second kappa shape index (κ2) is 5.71. The molecule has 2 N–H and O–H groups in total. The van der Waals surface area contributed by atoms with Crippen molar-refractivity contribution in [3.63, 3.8) is 0 Å². The summed E-state index contributed by atoms with van der Waals surface area (Å²) in [6.45, 7) is 1.60. The highest BCUT2D eigenvalue weighted by Crippen LogP contribution is 2.23. The van der Waals surface area contributed by atoms with E-state index < -0.39 is 16.0 Å².